The molecule has 0 fully saturated rings. The van der Waals surface area contributed by atoms with Crippen molar-refractivity contribution in [2.24, 2.45) is 11.5 Å². The molecule has 0 aromatic heterocycles. The Kier molecular flexibility index (Phi) is 3.11. The molecule has 4 nitrogen and oxygen atoms in total. The molecule has 0 saturated carbocycles. The third kappa shape index (κ3) is 3.87. The minimum Gasteiger partial charge on any atom is -0.480 e. The number of nitrogens with two attached hydrogens (primary N) is 2. The first-order valence-corrected chi connectivity index (χ1v) is 2.71. The molecule has 0 saturated heterocycles. The third-order valence-corrected chi connectivity index (χ3v) is 0.905. The van der Waals surface area contributed by atoms with Crippen LogP contribution >= 0.6 is 12.2 Å². The molecule has 9 heavy (non-hydrogen) atoms. The van der Waals surface area contributed by atoms with Gasteiger partial charge >= 0.3 is 5.97 Å². The highest BCUT2D eigenvalue weighted by Crippen LogP contribution is 1.86. The Bertz CT molecular complexity index is 137. The van der Waals surface area contributed by atoms with Gasteiger partial charge in [-0.2, -0.15) is 0 Å². The normalized spacial score (nSPS) is 12.6. The van der Waals surface area contributed by atoms with E-state index >= 15 is 0 Å². The van der Waals surface area contributed by atoms with Crippen LogP contribution in [0.5, 0.6) is 0 Å². The summed E-state index contributed by atoms with van der Waals surface area (Å²) in [4.78, 5) is 10.1. The molecule has 0 radical (unpaired) electrons. The fourth-order valence-corrected chi connectivity index (χ4v) is 0.484. The zero-order chi connectivity index (χ0) is 7.44. The molecule has 0 aromatic carbocycles. The maximum absolute atomic E-state index is 9.99. The summed E-state index contributed by atoms with van der Waals surface area (Å²) < 4.78 is 0. The predicted octanol–water partition coefficient (Wildman–Crippen LogP) is -0.925. The average Bonchev–Trinajstić information content (AvgIpc) is 1.63. The maximum Gasteiger partial charge on any atom is 0.320 e. The number of hydrogen-bond donors (Lipinski definition) is 3. The molecule has 0 rings (SSSR count). The van der Waals surface area contributed by atoms with Crippen molar-refractivity contribution >= 4 is 23.2 Å². The van der Waals surface area contributed by atoms with E-state index in [0.717, 1.165) is 0 Å². The van der Waals surface area contributed by atoms with E-state index in [1.54, 1.807) is 0 Å². The molecule has 0 aliphatic heterocycles. The highest BCUT2D eigenvalue weighted by Gasteiger charge is 2.11. The van der Waals surface area contributed by atoms with E-state index in [9.17, 15) is 4.79 Å². The number of thiocarbonyl (C=S) groups is 1. The van der Waals surface area contributed by atoms with Crippen LogP contribution < -0.4 is 11.5 Å². The second-order valence-corrected chi connectivity index (χ2v) is 2.14. The van der Waals surface area contributed by atoms with Gasteiger partial charge in [-0.15, -0.1) is 0 Å². The van der Waals surface area contributed by atoms with Gasteiger partial charge in [-0.1, -0.05) is 12.2 Å². The van der Waals surface area contributed by atoms with Gasteiger partial charge in [-0.3, -0.25) is 4.79 Å². The van der Waals surface area contributed by atoms with Crippen LogP contribution in [0.15, 0.2) is 0 Å². The first-order chi connectivity index (χ1) is 4.04. The van der Waals surface area contributed by atoms with Crippen molar-refractivity contribution in [3.05, 3.63) is 0 Å². The fraction of sp³-hybridized carbons (Fsp3) is 0.500. The van der Waals surface area contributed by atoms with Crippen molar-refractivity contribution in [3.63, 3.8) is 0 Å². The Morgan fingerprint density at radius 1 is 1.78 bits per heavy atom. The topological polar surface area (TPSA) is 89.3 Å². The SMILES string of the molecule is NC(=S)CC(N)C(=O)O. The van der Waals surface area contributed by atoms with Crippen LogP contribution in [-0.2, 0) is 4.79 Å². The molecule has 0 spiro atoms. The number of carboxylic acids is 1. The van der Waals surface area contributed by atoms with E-state index in [2.05, 4.69) is 12.2 Å². The zero-order valence-electron chi connectivity index (χ0n) is 4.70. The quantitative estimate of drug-likeness (QED) is 0.450. The molecule has 1 atom stereocenters. The van der Waals surface area contributed by atoms with Crippen LogP contribution in [0, 0.1) is 0 Å². The summed E-state index contributed by atoms with van der Waals surface area (Å²) in [7, 11) is 0. The van der Waals surface area contributed by atoms with Gasteiger partial charge in [-0.25, -0.2) is 0 Å². The lowest BCUT2D eigenvalue weighted by molar-refractivity contribution is -0.138. The largest absolute Gasteiger partial charge is 0.480 e. The second kappa shape index (κ2) is 3.37. The number of aliphatic carboxylic acids is 1. The van der Waals surface area contributed by atoms with Gasteiger partial charge in [0.25, 0.3) is 0 Å². The average molecular weight is 148 g/mol. The number of hydrogen-bond acceptors (Lipinski definition) is 3. The first-order valence-electron chi connectivity index (χ1n) is 2.30. The van der Waals surface area contributed by atoms with Gasteiger partial charge in [0.2, 0.25) is 0 Å². The van der Waals surface area contributed by atoms with Gasteiger partial charge < -0.3 is 16.6 Å². The molecule has 0 aliphatic rings. The van der Waals surface area contributed by atoms with E-state index < -0.39 is 12.0 Å². The van der Waals surface area contributed by atoms with E-state index in [1.165, 1.54) is 0 Å². The Labute approximate surface area is 57.8 Å². The van der Waals surface area contributed by atoms with Crippen LogP contribution in [0.25, 0.3) is 0 Å². The lowest BCUT2D eigenvalue weighted by Gasteiger charge is -2.01. The summed E-state index contributed by atoms with van der Waals surface area (Å²) in [6.45, 7) is 0. The van der Waals surface area contributed by atoms with Crippen molar-refractivity contribution in [1.29, 1.82) is 0 Å². The highest BCUT2D eigenvalue weighted by atomic mass is 32.1. The van der Waals surface area contributed by atoms with Gasteiger partial charge in [0, 0.05) is 6.42 Å². The zero-order valence-corrected chi connectivity index (χ0v) is 5.52. The van der Waals surface area contributed by atoms with Gasteiger partial charge in [0.15, 0.2) is 0 Å². The van der Waals surface area contributed by atoms with Gasteiger partial charge in [0.1, 0.15) is 6.04 Å². The summed E-state index contributed by atoms with van der Waals surface area (Å²) in [6, 6.07) is -0.956. The molecule has 0 aliphatic carbocycles. The Morgan fingerprint density at radius 3 is 2.33 bits per heavy atom. The Hall–Kier alpha value is -0.680. The van der Waals surface area contributed by atoms with Gasteiger partial charge in [0.05, 0.1) is 4.99 Å². The molecule has 0 amide bonds. The summed E-state index contributed by atoms with van der Waals surface area (Å²) in [6.07, 6.45) is 0.0602. The molecule has 0 bridgehead atoms. The minimum absolute atomic E-state index is 0.0602. The van der Waals surface area contributed by atoms with Crippen LogP contribution in [-0.4, -0.2) is 22.1 Å². The van der Waals surface area contributed by atoms with Crippen molar-refractivity contribution < 1.29 is 9.90 Å². The second-order valence-electron chi connectivity index (χ2n) is 1.62. The third-order valence-electron chi connectivity index (χ3n) is 0.738. The van der Waals surface area contributed by atoms with Crippen molar-refractivity contribution in [2.45, 2.75) is 12.5 Å². The summed E-state index contributed by atoms with van der Waals surface area (Å²) in [5, 5.41) is 8.19. The molecule has 0 aromatic rings. The Morgan fingerprint density at radius 2 is 2.22 bits per heavy atom. The van der Waals surface area contributed by atoms with E-state index in [1.807, 2.05) is 0 Å². The van der Waals surface area contributed by atoms with Gasteiger partial charge in [-0.05, 0) is 0 Å². The summed E-state index contributed by atoms with van der Waals surface area (Å²) in [5.74, 6) is -1.08. The van der Waals surface area contributed by atoms with Crippen molar-refractivity contribution in [3.8, 4) is 0 Å². The van der Waals surface area contributed by atoms with Crippen LogP contribution in [0.4, 0.5) is 0 Å². The molecule has 0 heterocycles. The lowest BCUT2D eigenvalue weighted by atomic mass is 10.2. The molecule has 52 valence electrons. The van der Waals surface area contributed by atoms with Crippen molar-refractivity contribution in [2.75, 3.05) is 0 Å². The van der Waals surface area contributed by atoms with E-state index in [4.69, 9.17) is 16.6 Å². The molecule has 1 unspecified atom stereocenters. The fourth-order valence-electron chi connectivity index (χ4n) is 0.304. The van der Waals surface area contributed by atoms with Crippen LogP contribution in [0.2, 0.25) is 0 Å². The highest BCUT2D eigenvalue weighted by molar-refractivity contribution is 7.80. The monoisotopic (exact) mass is 148 g/mol. The molecule has 5 heteroatoms. The van der Waals surface area contributed by atoms with E-state index in [0.29, 0.717) is 0 Å². The number of rotatable bonds is 3. The predicted molar refractivity (Wildman–Crippen MR) is 37.0 cm³/mol. The van der Waals surface area contributed by atoms with E-state index in [-0.39, 0.29) is 11.4 Å². The molecular weight excluding hydrogens is 140 g/mol. The van der Waals surface area contributed by atoms with Crippen molar-refractivity contribution in [1.82, 2.24) is 0 Å². The molecule has 5 N–H and O–H groups in total. The molecular formula is C4H8N2O2S. The standard InChI is InChI=1S/C4H8N2O2S/c5-2(4(7)8)1-3(6)9/h2H,1,5H2,(H2,6,9)(H,7,8). The van der Waals surface area contributed by atoms with Crippen LogP contribution in [0.1, 0.15) is 6.42 Å². The maximum atomic E-state index is 9.99. The summed E-state index contributed by atoms with van der Waals surface area (Å²) >= 11 is 4.43. The first kappa shape index (κ1) is 8.32. The Balaban J connectivity index is 3.63. The minimum atomic E-state index is -1.08. The lowest BCUT2D eigenvalue weighted by Crippen LogP contribution is -2.34. The number of carboxylic acid groups (broad SMARTS) is 1. The summed E-state index contributed by atoms with van der Waals surface area (Å²) in [5.41, 5.74) is 10.1. The smallest absolute Gasteiger partial charge is 0.320 e. The number of carbonyl (C=O) groups is 1. The van der Waals surface area contributed by atoms with Crippen LogP contribution in [0.3, 0.4) is 0 Å².